The summed E-state index contributed by atoms with van der Waals surface area (Å²) in [5, 5.41) is 3.00. The second kappa shape index (κ2) is 7.81. The van der Waals surface area contributed by atoms with Gasteiger partial charge in [-0.25, -0.2) is 4.79 Å². The van der Waals surface area contributed by atoms with Crippen LogP contribution in [-0.2, 0) is 16.1 Å². The number of carbonyl (C=O) groups is 3. The van der Waals surface area contributed by atoms with Crippen LogP contribution in [0.5, 0.6) is 0 Å². The first-order valence-electron chi connectivity index (χ1n) is 10.9. The standard InChI is InChI=1S/C23H31N3O3/c1-16-7-8-18(11-17(16)2)13-25-14-19(12-20(25)27)15-26-21(28)23(24-22(26)29)9-5-3-4-6-10-23/h7-8,11,19H,3-6,9-10,12-15H2,1-2H3,(H,24,29). The molecule has 1 atom stereocenters. The first kappa shape index (κ1) is 19.9. The SMILES string of the molecule is Cc1ccc(CN2CC(CN3C(=O)NC4(CCCCCC4)C3=O)CC2=O)cc1C. The molecule has 2 saturated heterocycles. The lowest BCUT2D eigenvalue weighted by molar-refractivity contribution is -0.132. The Morgan fingerprint density at radius 2 is 1.76 bits per heavy atom. The van der Waals surface area contributed by atoms with Gasteiger partial charge < -0.3 is 10.2 Å². The highest BCUT2D eigenvalue weighted by molar-refractivity contribution is 6.07. The lowest BCUT2D eigenvalue weighted by Crippen LogP contribution is -2.46. The Hall–Kier alpha value is -2.37. The molecule has 6 nitrogen and oxygen atoms in total. The number of rotatable bonds is 4. The number of hydrogen-bond acceptors (Lipinski definition) is 3. The van der Waals surface area contributed by atoms with Gasteiger partial charge in [0.1, 0.15) is 5.54 Å². The largest absolute Gasteiger partial charge is 0.338 e. The minimum Gasteiger partial charge on any atom is -0.338 e. The summed E-state index contributed by atoms with van der Waals surface area (Å²) in [5.41, 5.74) is 2.88. The zero-order valence-corrected chi connectivity index (χ0v) is 17.5. The van der Waals surface area contributed by atoms with E-state index in [-0.39, 0.29) is 23.8 Å². The molecule has 6 heteroatoms. The molecular weight excluding hydrogens is 366 g/mol. The van der Waals surface area contributed by atoms with E-state index < -0.39 is 5.54 Å². The summed E-state index contributed by atoms with van der Waals surface area (Å²) in [5.74, 6) is 0.0265. The molecule has 29 heavy (non-hydrogen) atoms. The van der Waals surface area contributed by atoms with E-state index in [2.05, 4.69) is 37.4 Å². The molecule has 1 saturated carbocycles. The Balaban J connectivity index is 1.40. The Morgan fingerprint density at radius 3 is 2.45 bits per heavy atom. The van der Waals surface area contributed by atoms with Gasteiger partial charge in [0.15, 0.2) is 0 Å². The molecule has 1 aromatic carbocycles. The number of nitrogens with zero attached hydrogens (tertiary/aromatic N) is 2. The molecule has 1 aromatic rings. The molecule has 1 aliphatic carbocycles. The smallest absolute Gasteiger partial charge is 0.325 e. The van der Waals surface area contributed by atoms with E-state index in [1.807, 2.05) is 4.90 Å². The topological polar surface area (TPSA) is 69.7 Å². The van der Waals surface area contributed by atoms with Crippen LogP contribution in [0, 0.1) is 19.8 Å². The average Bonchev–Trinajstić information content (AvgIpc) is 3.00. The van der Waals surface area contributed by atoms with E-state index in [1.165, 1.54) is 16.0 Å². The summed E-state index contributed by atoms with van der Waals surface area (Å²) in [6, 6.07) is 6.00. The number of benzene rings is 1. The van der Waals surface area contributed by atoms with Gasteiger partial charge in [-0.05, 0) is 43.4 Å². The van der Waals surface area contributed by atoms with Crippen molar-refractivity contribution >= 4 is 17.8 Å². The van der Waals surface area contributed by atoms with E-state index in [0.29, 0.717) is 26.1 Å². The molecule has 0 radical (unpaired) electrons. The highest BCUT2D eigenvalue weighted by Gasteiger charge is 2.51. The van der Waals surface area contributed by atoms with Crippen molar-refractivity contribution in [2.45, 2.75) is 70.9 Å². The highest BCUT2D eigenvalue weighted by Crippen LogP contribution is 2.34. The van der Waals surface area contributed by atoms with E-state index in [9.17, 15) is 14.4 Å². The van der Waals surface area contributed by atoms with E-state index in [0.717, 1.165) is 44.1 Å². The zero-order valence-electron chi connectivity index (χ0n) is 17.5. The van der Waals surface area contributed by atoms with Gasteiger partial charge in [0.05, 0.1) is 0 Å². The van der Waals surface area contributed by atoms with Crippen LogP contribution < -0.4 is 5.32 Å². The van der Waals surface area contributed by atoms with Crippen LogP contribution in [0.1, 0.15) is 61.6 Å². The molecule has 4 rings (SSSR count). The quantitative estimate of drug-likeness (QED) is 0.793. The van der Waals surface area contributed by atoms with Crippen molar-refractivity contribution < 1.29 is 14.4 Å². The molecule has 4 amide bonds. The molecule has 0 bridgehead atoms. The predicted molar refractivity (Wildman–Crippen MR) is 110 cm³/mol. The molecule has 0 aromatic heterocycles. The fourth-order valence-electron chi connectivity index (χ4n) is 5.02. The van der Waals surface area contributed by atoms with Gasteiger partial charge in [0.2, 0.25) is 5.91 Å². The van der Waals surface area contributed by atoms with Gasteiger partial charge in [0.25, 0.3) is 5.91 Å². The van der Waals surface area contributed by atoms with Gasteiger partial charge in [-0.15, -0.1) is 0 Å². The van der Waals surface area contributed by atoms with Crippen molar-refractivity contribution in [3.8, 4) is 0 Å². The number of imide groups is 1. The molecule has 156 valence electrons. The van der Waals surface area contributed by atoms with Crippen LogP contribution in [0.3, 0.4) is 0 Å². The van der Waals surface area contributed by atoms with Crippen LogP contribution in [0.2, 0.25) is 0 Å². The first-order valence-corrected chi connectivity index (χ1v) is 10.9. The van der Waals surface area contributed by atoms with Gasteiger partial charge >= 0.3 is 6.03 Å². The van der Waals surface area contributed by atoms with Crippen molar-refractivity contribution in [3.05, 3.63) is 34.9 Å². The van der Waals surface area contributed by atoms with Crippen LogP contribution in [0.25, 0.3) is 0 Å². The van der Waals surface area contributed by atoms with Crippen molar-refractivity contribution in [3.63, 3.8) is 0 Å². The number of amides is 4. The summed E-state index contributed by atoms with van der Waals surface area (Å²) in [7, 11) is 0. The van der Waals surface area contributed by atoms with Crippen molar-refractivity contribution in [1.82, 2.24) is 15.1 Å². The summed E-state index contributed by atoms with van der Waals surface area (Å²) in [6.45, 7) is 5.67. The molecule has 1 spiro atoms. The van der Waals surface area contributed by atoms with Gasteiger partial charge in [0, 0.05) is 32.0 Å². The van der Waals surface area contributed by atoms with Crippen molar-refractivity contribution in [2.24, 2.45) is 5.92 Å². The molecule has 1 N–H and O–H groups in total. The number of hydrogen-bond donors (Lipinski definition) is 1. The van der Waals surface area contributed by atoms with Crippen LogP contribution in [-0.4, -0.2) is 46.3 Å². The first-order chi connectivity index (χ1) is 13.9. The second-order valence-electron chi connectivity index (χ2n) is 9.11. The molecule has 2 aliphatic heterocycles. The van der Waals surface area contributed by atoms with E-state index in [1.54, 1.807) is 0 Å². The van der Waals surface area contributed by atoms with Gasteiger partial charge in [-0.1, -0.05) is 43.9 Å². The van der Waals surface area contributed by atoms with Crippen molar-refractivity contribution in [2.75, 3.05) is 13.1 Å². The Morgan fingerprint density at radius 1 is 1.03 bits per heavy atom. The van der Waals surface area contributed by atoms with Crippen LogP contribution >= 0.6 is 0 Å². The van der Waals surface area contributed by atoms with Gasteiger partial charge in [-0.2, -0.15) is 0 Å². The Bertz CT molecular complexity index is 827. The number of nitrogens with one attached hydrogen (secondary N) is 1. The third-order valence-corrected chi connectivity index (χ3v) is 6.88. The maximum Gasteiger partial charge on any atom is 0.325 e. The van der Waals surface area contributed by atoms with Crippen LogP contribution in [0.15, 0.2) is 18.2 Å². The third-order valence-electron chi connectivity index (χ3n) is 6.88. The Labute approximate surface area is 172 Å². The summed E-state index contributed by atoms with van der Waals surface area (Å²) >= 11 is 0. The number of likely N-dealkylation sites (tertiary alicyclic amines) is 1. The number of carbonyl (C=O) groups excluding carboxylic acids is 3. The van der Waals surface area contributed by atoms with Gasteiger partial charge in [-0.3, -0.25) is 14.5 Å². The minimum absolute atomic E-state index is 0.00433. The summed E-state index contributed by atoms with van der Waals surface area (Å²) < 4.78 is 0. The second-order valence-corrected chi connectivity index (χ2v) is 9.11. The molecule has 2 heterocycles. The Kier molecular flexibility index (Phi) is 5.36. The molecule has 3 aliphatic rings. The monoisotopic (exact) mass is 397 g/mol. The van der Waals surface area contributed by atoms with Crippen LogP contribution in [0.4, 0.5) is 4.79 Å². The molecule has 1 unspecified atom stereocenters. The van der Waals surface area contributed by atoms with E-state index >= 15 is 0 Å². The third kappa shape index (κ3) is 3.89. The number of urea groups is 1. The highest BCUT2D eigenvalue weighted by atomic mass is 16.2. The normalized spacial score (nSPS) is 24.3. The van der Waals surface area contributed by atoms with E-state index in [4.69, 9.17) is 0 Å². The predicted octanol–water partition coefficient (Wildman–Crippen LogP) is 3.30. The average molecular weight is 398 g/mol. The maximum atomic E-state index is 13.1. The minimum atomic E-state index is -0.699. The summed E-state index contributed by atoms with van der Waals surface area (Å²) in [4.78, 5) is 41.5. The lowest BCUT2D eigenvalue weighted by atomic mass is 9.90. The lowest BCUT2D eigenvalue weighted by Gasteiger charge is -2.25. The number of aryl methyl sites for hydroxylation is 2. The van der Waals surface area contributed by atoms with Crippen molar-refractivity contribution in [1.29, 1.82) is 0 Å². The zero-order chi connectivity index (χ0) is 20.6. The summed E-state index contributed by atoms with van der Waals surface area (Å²) in [6.07, 6.45) is 6.06. The molecule has 3 fully saturated rings. The fraction of sp³-hybridized carbons (Fsp3) is 0.609. The molecular formula is C23H31N3O3. The fourth-order valence-corrected chi connectivity index (χ4v) is 5.02. The maximum absolute atomic E-state index is 13.1.